The number of amides is 3. The predicted molar refractivity (Wildman–Crippen MR) is 80.3 cm³/mol. The van der Waals surface area contributed by atoms with Gasteiger partial charge in [-0.15, -0.1) is 12.4 Å². The van der Waals surface area contributed by atoms with Crippen molar-refractivity contribution in [1.82, 2.24) is 10.2 Å². The molecule has 1 heterocycles. The first-order valence-corrected chi connectivity index (χ1v) is 6.26. The Morgan fingerprint density at radius 1 is 1.35 bits per heavy atom. The SMILES string of the molecule is C[C@H]1CNCCN1C(=O)c1ccc(NC(N)=O)cc1.Cl. The molecule has 0 aromatic heterocycles. The molecule has 0 unspecified atom stereocenters. The van der Waals surface area contributed by atoms with Gasteiger partial charge >= 0.3 is 6.03 Å². The van der Waals surface area contributed by atoms with Gasteiger partial charge in [-0.25, -0.2) is 4.79 Å². The third kappa shape index (κ3) is 3.85. The van der Waals surface area contributed by atoms with E-state index in [0.29, 0.717) is 17.8 Å². The molecule has 1 aromatic carbocycles. The molecule has 4 N–H and O–H groups in total. The number of halogens is 1. The van der Waals surface area contributed by atoms with Gasteiger partial charge < -0.3 is 21.3 Å². The molecule has 110 valence electrons. The highest BCUT2D eigenvalue weighted by Crippen LogP contribution is 2.13. The fraction of sp³-hybridized carbons (Fsp3) is 0.385. The minimum absolute atomic E-state index is 0. The van der Waals surface area contributed by atoms with Gasteiger partial charge in [0.05, 0.1) is 0 Å². The third-order valence-corrected chi connectivity index (χ3v) is 3.16. The number of benzene rings is 1. The average Bonchev–Trinajstić information content (AvgIpc) is 2.39. The molecule has 3 amide bonds. The largest absolute Gasteiger partial charge is 0.351 e. The summed E-state index contributed by atoms with van der Waals surface area (Å²) in [5.41, 5.74) is 6.22. The van der Waals surface area contributed by atoms with Crippen LogP contribution in [0, 0.1) is 0 Å². The zero-order valence-electron chi connectivity index (χ0n) is 11.3. The molecular formula is C13H19ClN4O2. The van der Waals surface area contributed by atoms with Gasteiger partial charge in [0.2, 0.25) is 0 Å². The molecule has 1 aliphatic heterocycles. The number of carbonyl (C=O) groups excluding carboxylic acids is 2. The lowest BCUT2D eigenvalue weighted by atomic mass is 10.1. The van der Waals surface area contributed by atoms with Crippen molar-refractivity contribution in [3.8, 4) is 0 Å². The van der Waals surface area contributed by atoms with Crippen LogP contribution >= 0.6 is 12.4 Å². The second-order valence-corrected chi connectivity index (χ2v) is 4.62. The number of carbonyl (C=O) groups is 2. The lowest BCUT2D eigenvalue weighted by Gasteiger charge is -2.34. The molecule has 1 aliphatic rings. The maximum absolute atomic E-state index is 12.3. The van der Waals surface area contributed by atoms with E-state index >= 15 is 0 Å². The summed E-state index contributed by atoms with van der Waals surface area (Å²) in [6, 6.07) is 6.31. The van der Waals surface area contributed by atoms with Crippen LogP contribution in [0.15, 0.2) is 24.3 Å². The summed E-state index contributed by atoms with van der Waals surface area (Å²) >= 11 is 0. The molecule has 1 saturated heterocycles. The summed E-state index contributed by atoms with van der Waals surface area (Å²) in [6.07, 6.45) is 0. The Hall–Kier alpha value is -1.79. The lowest BCUT2D eigenvalue weighted by Crippen LogP contribution is -2.52. The van der Waals surface area contributed by atoms with Crippen LogP contribution in [0.2, 0.25) is 0 Å². The summed E-state index contributed by atoms with van der Waals surface area (Å²) < 4.78 is 0. The van der Waals surface area contributed by atoms with E-state index in [1.54, 1.807) is 24.3 Å². The number of urea groups is 1. The zero-order valence-corrected chi connectivity index (χ0v) is 12.1. The Morgan fingerprint density at radius 3 is 2.55 bits per heavy atom. The normalized spacial score (nSPS) is 18.1. The smallest absolute Gasteiger partial charge is 0.316 e. The molecule has 1 fully saturated rings. The van der Waals surface area contributed by atoms with Gasteiger partial charge in [0.1, 0.15) is 0 Å². The van der Waals surface area contributed by atoms with Crippen LogP contribution in [0.1, 0.15) is 17.3 Å². The summed E-state index contributed by atoms with van der Waals surface area (Å²) in [5.74, 6) is 0.0135. The van der Waals surface area contributed by atoms with Crippen LogP contribution < -0.4 is 16.4 Å². The van der Waals surface area contributed by atoms with E-state index in [4.69, 9.17) is 5.73 Å². The van der Waals surface area contributed by atoms with Crippen LogP contribution in [0.3, 0.4) is 0 Å². The second-order valence-electron chi connectivity index (χ2n) is 4.62. The van der Waals surface area contributed by atoms with E-state index in [0.717, 1.165) is 13.1 Å². The van der Waals surface area contributed by atoms with Gasteiger partial charge in [0.15, 0.2) is 0 Å². The molecule has 20 heavy (non-hydrogen) atoms. The van der Waals surface area contributed by atoms with Crippen molar-refractivity contribution in [2.75, 3.05) is 25.0 Å². The quantitative estimate of drug-likeness (QED) is 0.762. The molecule has 1 aromatic rings. The Bertz CT molecular complexity index is 478. The van der Waals surface area contributed by atoms with Crippen molar-refractivity contribution in [3.63, 3.8) is 0 Å². The highest BCUT2D eigenvalue weighted by atomic mass is 35.5. The van der Waals surface area contributed by atoms with Crippen LogP contribution in [-0.4, -0.2) is 42.5 Å². The summed E-state index contributed by atoms with van der Waals surface area (Å²) in [5, 5.41) is 5.71. The number of anilines is 1. The first-order valence-electron chi connectivity index (χ1n) is 6.26. The monoisotopic (exact) mass is 298 g/mol. The number of piperazine rings is 1. The van der Waals surface area contributed by atoms with Gasteiger partial charge in [-0.2, -0.15) is 0 Å². The van der Waals surface area contributed by atoms with E-state index < -0.39 is 6.03 Å². The topological polar surface area (TPSA) is 87.5 Å². The molecule has 1 atom stereocenters. The van der Waals surface area contributed by atoms with Crippen LogP contribution in [0.4, 0.5) is 10.5 Å². The lowest BCUT2D eigenvalue weighted by molar-refractivity contribution is 0.0656. The zero-order chi connectivity index (χ0) is 13.8. The van der Waals surface area contributed by atoms with E-state index in [-0.39, 0.29) is 24.4 Å². The summed E-state index contributed by atoms with van der Waals surface area (Å²) in [7, 11) is 0. The average molecular weight is 299 g/mol. The molecule has 2 rings (SSSR count). The number of hydrogen-bond acceptors (Lipinski definition) is 3. The van der Waals surface area contributed by atoms with Crippen molar-refractivity contribution in [2.45, 2.75) is 13.0 Å². The highest BCUT2D eigenvalue weighted by molar-refractivity contribution is 5.95. The van der Waals surface area contributed by atoms with E-state index in [2.05, 4.69) is 10.6 Å². The maximum atomic E-state index is 12.3. The van der Waals surface area contributed by atoms with Gasteiger partial charge in [-0.3, -0.25) is 4.79 Å². The minimum Gasteiger partial charge on any atom is -0.351 e. The second kappa shape index (κ2) is 7.12. The third-order valence-electron chi connectivity index (χ3n) is 3.16. The standard InChI is InChI=1S/C13H18N4O2.ClH/c1-9-8-15-6-7-17(9)12(18)10-2-4-11(5-3-10)16-13(14)19;/h2-5,9,15H,6-8H2,1H3,(H3,14,16,19);1H/t9-;/m0./s1. The molecule has 7 heteroatoms. The van der Waals surface area contributed by atoms with Crippen LogP contribution in [0.25, 0.3) is 0 Å². The van der Waals surface area contributed by atoms with Crippen molar-refractivity contribution in [3.05, 3.63) is 29.8 Å². The molecule has 0 bridgehead atoms. The molecule has 0 spiro atoms. The van der Waals surface area contributed by atoms with Crippen LogP contribution in [-0.2, 0) is 0 Å². The molecule has 0 radical (unpaired) electrons. The predicted octanol–water partition coefficient (Wildman–Crippen LogP) is 1.03. The minimum atomic E-state index is -0.616. The fourth-order valence-corrected chi connectivity index (χ4v) is 2.15. The number of hydrogen-bond donors (Lipinski definition) is 3. The van der Waals surface area contributed by atoms with Crippen molar-refractivity contribution < 1.29 is 9.59 Å². The van der Waals surface area contributed by atoms with Crippen molar-refractivity contribution in [2.24, 2.45) is 5.73 Å². The van der Waals surface area contributed by atoms with Crippen molar-refractivity contribution in [1.29, 1.82) is 0 Å². The van der Waals surface area contributed by atoms with Crippen molar-refractivity contribution >= 4 is 30.0 Å². The highest BCUT2D eigenvalue weighted by Gasteiger charge is 2.23. The number of rotatable bonds is 2. The Kier molecular flexibility index (Phi) is 5.79. The Morgan fingerprint density at radius 2 is 2.00 bits per heavy atom. The van der Waals surface area contributed by atoms with E-state index in [1.165, 1.54) is 0 Å². The maximum Gasteiger partial charge on any atom is 0.316 e. The van der Waals surface area contributed by atoms with Crippen LogP contribution in [0.5, 0.6) is 0 Å². The summed E-state index contributed by atoms with van der Waals surface area (Å²) in [6.45, 7) is 4.36. The number of nitrogens with two attached hydrogens (primary N) is 1. The van der Waals surface area contributed by atoms with Gasteiger partial charge in [-0.1, -0.05) is 0 Å². The van der Waals surface area contributed by atoms with Gasteiger partial charge in [0.25, 0.3) is 5.91 Å². The van der Waals surface area contributed by atoms with E-state index in [9.17, 15) is 9.59 Å². The molecular weight excluding hydrogens is 280 g/mol. The van der Waals surface area contributed by atoms with Gasteiger partial charge in [0, 0.05) is 36.9 Å². The van der Waals surface area contributed by atoms with E-state index in [1.807, 2.05) is 11.8 Å². The first kappa shape index (κ1) is 16.3. The molecule has 0 aliphatic carbocycles. The fourth-order valence-electron chi connectivity index (χ4n) is 2.15. The summed E-state index contributed by atoms with van der Waals surface area (Å²) in [4.78, 5) is 24.9. The molecule has 0 saturated carbocycles. The number of nitrogens with zero attached hydrogens (tertiary/aromatic N) is 1. The Balaban J connectivity index is 0.00000200. The number of nitrogens with one attached hydrogen (secondary N) is 2. The van der Waals surface area contributed by atoms with Gasteiger partial charge in [-0.05, 0) is 31.2 Å². The number of primary amides is 1. The molecule has 6 nitrogen and oxygen atoms in total. The first-order chi connectivity index (χ1) is 9.08. The Labute approximate surface area is 124 Å².